The summed E-state index contributed by atoms with van der Waals surface area (Å²) in [6.45, 7) is 0.224. The van der Waals surface area contributed by atoms with Gasteiger partial charge in [-0.15, -0.1) is 0 Å². The molecule has 114 valence electrons. The van der Waals surface area contributed by atoms with E-state index in [9.17, 15) is 9.59 Å². The first-order valence-corrected chi connectivity index (χ1v) is 7.33. The lowest BCUT2D eigenvalue weighted by molar-refractivity contribution is -0.120. The minimum absolute atomic E-state index is 0.0136. The van der Waals surface area contributed by atoms with Gasteiger partial charge in [0.25, 0.3) is 5.91 Å². The standard InChI is InChI=1S/C17H12N2O4/c20-15-7-22-14-6-13-10(5-12(14)18-15)17(8-23-13)9-3-1-2-4-11(9)19-16(17)21/h1-6H,7-8H2,(H,18,20)(H,19,21). The first-order chi connectivity index (χ1) is 11.2. The highest BCUT2D eigenvalue weighted by Gasteiger charge is 2.54. The average molecular weight is 308 g/mol. The predicted octanol–water partition coefficient (Wildman–Crippen LogP) is 1.65. The fourth-order valence-electron chi connectivity index (χ4n) is 3.55. The molecule has 1 spiro atoms. The number of hydrogen-bond acceptors (Lipinski definition) is 4. The molecule has 3 aliphatic rings. The topological polar surface area (TPSA) is 76.7 Å². The summed E-state index contributed by atoms with van der Waals surface area (Å²) < 4.78 is 11.2. The second-order valence-corrected chi connectivity index (χ2v) is 5.88. The Hall–Kier alpha value is -3.02. The molecule has 1 atom stereocenters. The first-order valence-electron chi connectivity index (χ1n) is 7.33. The van der Waals surface area contributed by atoms with Crippen molar-refractivity contribution in [1.82, 2.24) is 0 Å². The molecule has 6 heteroatoms. The largest absolute Gasteiger partial charge is 0.491 e. The lowest BCUT2D eigenvalue weighted by Gasteiger charge is -2.23. The Morgan fingerprint density at radius 1 is 0.913 bits per heavy atom. The summed E-state index contributed by atoms with van der Waals surface area (Å²) in [5.41, 5.74) is 2.15. The molecule has 3 heterocycles. The van der Waals surface area contributed by atoms with Crippen molar-refractivity contribution in [2.45, 2.75) is 5.41 Å². The molecule has 0 aliphatic carbocycles. The van der Waals surface area contributed by atoms with E-state index in [0.29, 0.717) is 17.2 Å². The van der Waals surface area contributed by atoms with Gasteiger partial charge in [0.2, 0.25) is 5.91 Å². The zero-order valence-electron chi connectivity index (χ0n) is 12.0. The van der Waals surface area contributed by atoms with Crippen LogP contribution in [0.2, 0.25) is 0 Å². The third-order valence-corrected chi connectivity index (χ3v) is 4.64. The quantitative estimate of drug-likeness (QED) is 0.776. The Kier molecular flexibility index (Phi) is 2.20. The normalized spacial score (nSPS) is 23.3. The van der Waals surface area contributed by atoms with Crippen LogP contribution in [-0.4, -0.2) is 25.0 Å². The molecule has 1 unspecified atom stereocenters. The second kappa shape index (κ2) is 4.04. The van der Waals surface area contributed by atoms with Crippen LogP contribution in [0.5, 0.6) is 11.5 Å². The van der Waals surface area contributed by atoms with Crippen molar-refractivity contribution >= 4 is 23.2 Å². The van der Waals surface area contributed by atoms with Gasteiger partial charge >= 0.3 is 0 Å². The van der Waals surface area contributed by atoms with Crippen LogP contribution in [0.15, 0.2) is 36.4 Å². The number of benzene rings is 2. The maximum Gasteiger partial charge on any atom is 0.262 e. The van der Waals surface area contributed by atoms with Crippen LogP contribution in [0.1, 0.15) is 11.1 Å². The maximum atomic E-state index is 12.7. The number of hydrogen-bond donors (Lipinski definition) is 2. The third kappa shape index (κ3) is 1.47. The molecule has 2 amide bonds. The van der Waals surface area contributed by atoms with Gasteiger partial charge in [0.05, 0.1) is 5.69 Å². The van der Waals surface area contributed by atoms with E-state index in [1.807, 2.05) is 24.3 Å². The van der Waals surface area contributed by atoms with Gasteiger partial charge < -0.3 is 20.1 Å². The van der Waals surface area contributed by atoms with Crippen LogP contribution in [-0.2, 0) is 15.0 Å². The summed E-state index contributed by atoms with van der Waals surface area (Å²) in [5.74, 6) is 0.862. The lowest BCUT2D eigenvalue weighted by atomic mass is 9.77. The molecule has 6 nitrogen and oxygen atoms in total. The van der Waals surface area contributed by atoms with E-state index < -0.39 is 5.41 Å². The molecule has 0 saturated carbocycles. The molecule has 2 aromatic rings. The van der Waals surface area contributed by atoms with E-state index in [1.165, 1.54) is 0 Å². The van der Waals surface area contributed by atoms with Crippen molar-refractivity contribution in [2.75, 3.05) is 23.8 Å². The fraction of sp³-hybridized carbons (Fsp3) is 0.176. The van der Waals surface area contributed by atoms with Crippen molar-refractivity contribution in [3.05, 3.63) is 47.5 Å². The van der Waals surface area contributed by atoms with Gasteiger partial charge in [-0.05, 0) is 17.7 Å². The molecule has 0 aromatic heterocycles. The molecule has 3 aliphatic heterocycles. The molecular formula is C17H12N2O4. The SMILES string of the molecule is O=C1COc2cc3c(cc2N1)C1(CO3)C(=O)Nc2ccccc21. The minimum Gasteiger partial charge on any atom is -0.491 e. The van der Waals surface area contributed by atoms with Crippen molar-refractivity contribution in [2.24, 2.45) is 0 Å². The average Bonchev–Trinajstić information content (AvgIpc) is 3.06. The highest BCUT2D eigenvalue weighted by atomic mass is 16.5. The Morgan fingerprint density at radius 3 is 2.70 bits per heavy atom. The number of anilines is 2. The van der Waals surface area contributed by atoms with Crippen molar-refractivity contribution in [3.63, 3.8) is 0 Å². The number of nitrogens with one attached hydrogen (secondary N) is 2. The summed E-state index contributed by atoms with van der Waals surface area (Å²) in [7, 11) is 0. The number of carbonyl (C=O) groups excluding carboxylic acids is 2. The highest BCUT2D eigenvalue weighted by Crippen LogP contribution is 2.52. The number of rotatable bonds is 0. The second-order valence-electron chi connectivity index (χ2n) is 5.88. The van der Waals surface area contributed by atoms with E-state index in [4.69, 9.17) is 9.47 Å². The zero-order valence-corrected chi connectivity index (χ0v) is 12.0. The van der Waals surface area contributed by atoms with Gasteiger partial charge in [0.15, 0.2) is 6.61 Å². The predicted molar refractivity (Wildman–Crippen MR) is 81.9 cm³/mol. The highest BCUT2D eigenvalue weighted by molar-refractivity contribution is 6.10. The molecule has 2 aromatic carbocycles. The summed E-state index contributed by atoms with van der Waals surface area (Å²) >= 11 is 0. The number of fused-ring (bicyclic) bond motifs is 5. The lowest BCUT2D eigenvalue weighted by Crippen LogP contribution is -2.37. The van der Waals surface area contributed by atoms with Crippen LogP contribution in [0, 0.1) is 0 Å². The van der Waals surface area contributed by atoms with Gasteiger partial charge in [-0.3, -0.25) is 9.59 Å². The molecular weight excluding hydrogens is 296 g/mol. The van der Waals surface area contributed by atoms with E-state index >= 15 is 0 Å². The van der Waals surface area contributed by atoms with E-state index in [2.05, 4.69) is 10.6 Å². The summed E-state index contributed by atoms with van der Waals surface area (Å²) in [6, 6.07) is 11.1. The van der Waals surface area contributed by atoms with Gasteiger partial charge in [0, 0.05) is 17.3 Å². The van der Waals surface area contributed by atoms with Crippen LogP contribution >= 0.6 is 0 Å². The number of amides is 2. The van der Waals surface area contributed by atoms with Gasteiger partial charge in [-0.2, -0.15) is 0 Å². The van der Waals surface area contributed by atoms with Crippen LogP contribution < -0.4 is 20.1 Å². The van der Waals surface area contributed by atoms with Crippen LogP contribution in [0.3, 0.4) is 0 Å². The minimum atomic E-state index is -0.872. The summed E-state index contributed by atoms with van der Waals surface area (Å²) in [6.07, 6.45) is 0. The van der Waals surface area contributed by atoms with E-state index in [1.54, 1.807) is 12.1 Å². The van der Waals surface area contributed by atoms with E-state index in [0.717, 1.165) is 16.8 Å². The third-order valence-electron chi connectivity index (χ3n) is 4.64. The molecule has 2 N–H and O–H groups in total. The molecule has 5 rings (SSSR count). The Bertz CT molecular complexity index is 892. The van der Waals surface area contributed by atoms with E-state index in [-0.39, 0.29) is 25.0 Å². The Labute approximate surface area is 131 Å². The van der Waals surface area contributed by atoms with Crippen LogP contribution in [0.4, 0.5) is 11.4 Å². The maximum absolute atomic E-state index is 12.7. The van der Waals surface area contributed by atoms with Crippen molar-refractivity contribution in [1.29, 1.82) is 0 Å². The molecule has 0 fully saturated rings. The number of carbonyl (C=O) groups is 2. The molecule has 0 saturated heterocycles. The zero-order chi connectivity index (χ0) is 15.6. The summed E-state index contributed by atoms with van der Waals surface area (Å²) in [4.78, 5) is 24.3. The smallest absolute Gasteiger partial charge is 0.262 e. The van der Waals surface area contributed by atoms with Crippen molar-refractivity contribution in [3.8, 4) is 11.5 Å². The number of para-hydroxylation sites is 1. The molecule has 23 heavy (non-hydrogen) atoms. The molecule has 0 bridgehead atoms. The first kappa shape index (κ1) is 12.5. The monoisotopic (exact) mass is 308 g/mol. The number of ether oxygens (including phenoxy) is 2. The molecule has 0 radical (unpaired) electrons. The van der Waals surface area contributed by atoms with Crippen LogP contribution in [0.25, 0.3) is 0 Å². The van der Waals surface area contributed by atoms with Gasteiger partial charge in [-0.1, -0.05) is 18.2 Å². The Balaban J connectivity index is 1.75. The fourth-order valence-corrected chi connectivity index (χ4v) is 3.55. The summed E-state index contributed by atoms with van der Waals surface area (Å²) in [5, 5.41) is 5.71. The van der Waals surface area contributed by atoms with Crippen molar-refractivity contribution < 1.29 is 19.1 Å². The van der Waals surface area contributed by atoms with Gasteiger partial charge in [0.1, 0.15) is 23.5 Å². The van der Waals surface area contributed by atoms with Gasteiger partial charge in [-0.25, -0.2) is 0 Å². The Morgan fingerprint density at radius 2 is 1.78 bits per heavy atom.